The third-order valence-electron chi connectivity index (χ3n) is 4.86. The molecule has 0 bridgehead atoms. The third kappa shape index (κ3) is 2.64. The van der Waals surface area contributed by atoms with Crippen molar-refractivity contribution in [3.05, 3.63) is 66.0 Å². The Morgan fingerprint density at radius 2 is 2.16 bits per heavy atom. The summed E-state index contributed by atoms with van der Waals surface area (Å²) in [6.07, 6.45) is 8.47. The summed E-state index contributed by atoms with van der Waals surface area (Å²) < 4.78 is 0. The number of H-pyrrole nitrogens is 1. The fourth-order valence-electron chi connectivity index (χ4n) is 3.35. The van der Waals surface area contributed by atoms with Crippen molar-refractivity contribution in [2.45, 2.75) is 25.7 Å². The van der Waals surface area contributed by atoms with E-state index in [4.69, 9.17) is 0 Å². The fourth-order valence-corrected chi connectivity index (χ4v) is 3.35. The summed E-state index contributed by atoms with van der Waals surface area (Å²) in [5, 5.41) is 11.0. The van der Waals surface area contributed by atoms with Gasteiger partial charge in [0.15, 0.2) is 12.0 Å². The number of para-hydroxylation sites is 1. The van der Waals surface area contributed by atoms with E-state index in [-0.39, 0.29) is 0 Å². The molecule has 25 heavy (non-hydrogen) atoms. The number of aliphatic imine (C=N–C) groups is 1. The van der Waals surface area contributed by atoms with Crippen molar-refractivity contribution in [1.82, 2.24) is 15.1 Å². The summed E-state index contributed by atoms with van der Waals surface area (Å²) in [5.74, 6) is 3.47. The maximum Gasteiger partial charge on any atom is 0.284 e. The molecule has 6 nitrogen and oxygen atoms in total. The first-order valence-electron chi connectivity index (χ1n) is 8.67. The molecule has 1 saturated carbocycles. The second kappa shape index (κ2) is 5.60. The van der Waals surface area contributed by atoms with Gasteiger partial charge >= 0.3 is 0 Å². The van der Waals surface area contributed by atoms with Gasteiger partial charge in [0, 0.05) is 23.4 Å². The van der Waals surface area contributed by atoms with Gasteiger partial charge in [0.1, 0.15) is 6.54 Å². The first-order chi connectivity index (χ1) is 12.3. The van der Waals surface area contributed by atoms with Gasteiger partial charge < -0.3 is 4.90 Å². The number of nitrogens with one attached hydrogen (secondary N) is 2. The first-order valence-corrected chi connectivity index (χ1v) is 8.67. The Balaban J connectivity index is 1.47. The van der Waals surface area contributed by atoms with Gasteiger partial charge in [0.05, 0.1) is 12.4 Å². The third-order valence-corrected chi connectivity index (χ3v) is 4.86. The number of aromatic amines is 1. The molecule has 1 aliphatic carbocycles. The van der Waals surface area contributed by atoms with Gasteiger partial charge in [0.2, 0.25) is 0 Å². The second-order valence-electron chi connectivity index (χ2n) is 6.75. The molecule has 1 fully saturated rings. The van der Waals surface area contributed by atoms with E-state index in [1.165, 1.54) is 29.8 Å². The van der Waals surface area contributed by atoms with Crippen molar-refractivity contribution in [2.24, 2.45) is 4.99 Å². The summed E-state index contributed by atoms with van der Waals surface area (Å²) >= 11 is 0. The van der Waals surface area contributed by atoms with Gasteiger partial charge in [-0.1, -0.05) is 18.2 Å². The maximum atomic E-state index is 4.51. The van der Waals surface area contributed by atoms with Crippen LogP contribution in [0.5, 0.6) is 0 Å². The molecule has 1 aromatic carbocycles. The lowest BCUT2D eigenvalue weighted by molar-refractivity contribution is 0.813. The van der Waals surface area contributed by atoms with Gasteiger partial charge in [-0.05, 0) is 36.3 Å². The van der Waals surface area contributed by atoms with Gasteiger partial charge in [-0.3, -0.25) is 10.4 Å². The molecule has 2 aliphatic heterocycles. The first kappa shape index (κ1) is 14.5. The van der Waals surface area contributed by atoms with E-state index < -0.39 is 0 Å². The number of aryl methyl sites for hydroxylation is 1. The van der Waals surface area contributed by atoms with E-state index >= 15 is 0 Å². The highest BCUT2D eigenvalue weighted by Crippen LogP contribution is 2.39. The van der Waals surface area contributed by atoms with Crippen LogP contribution in [0.2, 0.25) is 0 Å². The number of rotatable bonds is 4. The lowest BCUT2D eigenvalue weighted by Gasteiger charge is -2.26. The zero-order valence-corrected chi connectivity index (χ0v) is 14.1. The summed E-state index contributed by atoms with van der Waals surface area (Å²) in [6, 6.07) is 10.5. The normalized spacial score (nSPS) is 19.6. The molecule has 2 N–H and O–H groups in total. The molecule has 0 unspecified atom stereocenters. The standard InChI is InChI=1S/C19H20N6/c1-13-4-2-3-5-16(13)24-11-18-20-8-9-25(18)19(12-24)21-17-10-15(22-23-17)14-6-7-14/h2-5,8-10,12,14H,6-7,11H2,1H3,(H2,21,22,23)/q+1. The predicted molar refractivity (Wildman–Crippen MR) is 99.5 cm³/mol. The number of hydrogen-bond donors (Lipinski definition) is 2. The Labute approximate surface area is 146 Å². The van der Waals surface area contributed by atoms with Gasteiger partial charge in [-0.2, -0.15) is 10.1 Å². The number of hydrogen-bond acceptors (Lipinski definition) is 5. The van der Waals surface area contributed by atoms with Crippen molar-refractivity contribution in [1.29, 1.82) is 0 Å². The van der Waals surface area contributed by atoms with E-state index in [0.29, 0.717) is 5.92 Å². The van der Waals surface area contributed by atoms with Crippen molar-refractivity contribution in [3.63, 3.8) is 0 Å². The lowest BCUT2D eigenvalue weighted by atomic mass is 10.1. The topological polar surface area (TPSA) is 62.2 Å². The van der Waals surface area contributed by atoms with Crippen LogP contribution in [0.3, 0.4) is 0 Å². The van der Waals surface area contributed by atoms with Crippen LogP contribution in [-0.2, 0) is 0 Å². The van der Waals surface area contributed by atoms with Gasteiger partial charge in [-0.25, -0.2) is 0 Å². The van der Waals surface area contributed by atoms with Crippen LogP contribution in [0.15, 0.2) is 59.7 Å². The molecule has 1 radical (unpaired) electrons. The number of aromatic nitrogens is 2. The van der Waals surface area contributed by atoms with Crippen molar-refractivity contribution < 1.29 is 0 Å². The number of fused-ring (bicyclic) bond motifs is 1. The average Bonchev–Trinajstić information content (AvgIpc) is 3.17. The Hall–Kier alpha value is -2.86. The average molecular weight is 332 g/mol. The number of benzene rings is 1. The molecule has 5 rings (SSSR count). The fraction of sp³-hybridized carbons (Fsp3) is 0.263. The van der Waals surface area contributed by atoms with Crippen LogP contribution < -0.4 is 15.1 Å². The van der Waals surface area contributed by atoms with E-state index in [2.05, 4.69) is 73.8 Å². The highest BCUT2D eigenvalue weighted by molar-refractivity contribution is 5.96. The minimum atomic E-state index is 0.663. The molecule has 3 aliphatic rings. The van der Waals surface area contributed by atoms with E-state index in [0.717, 1.165) is 24.0 Å². The minimum Gasteiger partial charge on any atom is -0.329 e. The quantitative estimate of drug-likeness (QED) is 0.844. The lowest BCUT2D eigenvalue weighted by Crippen LogP contribution is -2.45. The zero-order valence-electron chi connectivity index (χ0n) is 14.1. The van der Waals surface area contributed by atoms with Gasteiger partial charge in [-0.15, -0.1) is 0 Å². The van der Waals surface area contributed by atoms with Crippen LogP contribution >= 0.6 is 0 Å². The molecule has 125 valence electrons. The zero-order chi connectivity index (χ0) is 16.8. The van der Waals surface area contributed by atoms with E-state index in [1.54, 1.807) is 0 Å². The Bertz CT molecular complexity index is 902. The van der Waals surface area contributed by atoms with Gasteiger partial charge in [0.25, 0.3) is 11.7 Å². The van der Waals surface area contributed by atoms with Crippen molar-refractivity contribution >= 4 is 17.3 Å². The summed E-state index contributed by atoms with van der Waals surface area (Å²) in [4.78, 5) is 8.82. The predicted octanol–water partition coefficient (Wildman–Crippen LogP) is 3.35. The summed E-state index contributed by atoms with van der Waals surface area (Å²) in [5.41, 5.74) is 3.66. The summed E-state index contributed by atoms with van der Waals surface area (Å²) in [7, 11) is 0. The molecule has 0 amide bonds. The van der Waals surface area contributed by atoms with Crippen LogP contribution in [0.1, 0.15) is 30.0 Å². The van der Waals surface area contributed by atoms with Crippen LogP contribution in [0, 0.1) is 6.92 Å². The molecule has 2 aromatic rings. The molecule has 1 aromatic heterocycles. The Kier molecular flexibility index (Phi) is 3.24. The maximum absolute atomic E-state index is 4.51. The van der Waals surface area contributed by atoms with Crippen molar-refractivity contribution in [3.8, 4) is 0 Å². The van der Waals surface area contributed by atoms with Crippen LogP contribution in [-0.4, -0.2) is 22.6 Å². The molecule has 6 heteroatoms. The van der Waals surface area contributed by atoms with Crippen molar-refractivity contribution in [2.75, 3.05) is 16.8 Å². The van der Waals surface area contributed by atoms with Crippen LogP contribution in [0.4, 0.5) is 11.5 Å². The Morgan fingerprint density at radius 3 is 3.00 bits per heavy atom. The molecule has 0 spiro atoms. The molecular formula is C19H20N6+. The minimum absolute atomic E-state index is 0.663. The monoisotopic (exact) mass is 332 g/mol. The molecule has 0 saturated heterocycles. The summed E-state index contributed by atoms with van der Waals surface area (Å²) in [6.45, 7) is 2.88. The molecular weight excluding hydrogens is 312 g/mol. The number of nitrogens with zero attached hydrogens (tertiary/aromatic N) is 4. The largest absolute Gasteiger partial charge is 0.329 e. The Morgan fingerprint density at radius 1 is 1.28 bits per heavy atom. The van der Waals surface area contributed by atoms with E-state index in [9.17, 15) is 0 Å². The van der Waals surface area contributed by atoms with Crippen LogP contribution in [0.25, 0.3) is 0 Å². The smallest absolute Gasteiger partial charge is 0.284 e. The SMILES string of the molecule is Cc1ccccc1N1C=C(Nc2cc(C3CC3)[nH]n2)[N+]2C=CN=C2C1. The second-order valence-corrected chi connectivity index (χ2v) is 6.75. The number of anilines is 2. The number of amidine groups is 1. The van der Waals surface area contributed by atoms with E-state index in [1.807, 2.05) is 12.4 Å². The molecule has 0 atom stereocenters. The molecule has 3 heterocycles. The highest BCUT2D eigenvalue weighted by atomic mass is 15.4. The highest BCUT2D eigenvalue weighted by Gasteiger charge is 2.38.